The van der Waals surface area contributed by atoms with Crippen LogP contribution in [0.4, 0.5) is 0 Å². The van der Waals surface area contributed by atoms with Crippen molar-refractivity contribution in [2.24, 2.45) is 0 Å². The molecule has 0 nitrogen and oxygen atoms in total. The molecule has 0 saturated carbocycles. The fraction of sp³-hybridized carbons (Fsp3) is 0.286. The van der Waals surface area contributed by atoms with Crippen LogP contribution in [0.1, 0.15) is 38.5 Å². The van der Waals surface area contributed by atoms with Crippen LogP contribution in [0.2, 0.25) is 0 Å². The van der Waals surface area contributed by atoms with Gasteiger partial charge in [0.25, 0.3) is 0 Å². The lowest BCUT2D eigenvalue weighted by atomic mass is 10.1. The lowest BCUT2D eigenvalue weighted by molar-refractivity contribution is -0.00000582. The van der Waals surface area contributed by atoms with Gasteiger partial charge in [-0.15, -0.1) is 0 Å². The molecule has 0 amide bonds. The zero-order valence-corrected chi connectivity index (χ0v) is 22.0. The normalized spacial score (nSPS) is 11.4. The summed E-state index contributed by atoms with van der Waals surface area (Å²) in [4.78, 5) is 0. The smallest absolute Gasteiger partial charge is 0.115 e. The molecule has 0 N–H and O–H groups in total. The third-order valence-corrected chi connectivity index (χ3v) is 10.7. The maximum absolute atomic E-state index is 2.48. The van der Waals surface area contributed by atoms with Gasteiger partial charge in [-0.2, -0.15) is 0 Å². The molecule has 0 saturated heterocycles. The van der Waals surface area contributed by atoms with E-state index in [1.165, 1.54) is 58.9 Å². The fourth-order valence-electron chi connectivity index (χ4n) is 4.05. The molecule has 0 heterocycles. The summed E-state index contributed by atoms with van der Waals surface area (Å²) in [6.07, 6.45) is 14.0. The second-order valence-corrected chi connectivity index (χ2v) is 12.3. The van der Waals surface area contributed by atoms with Gasteiger partial charge in [0, 0.05) is 0 Å². The van der Waals surface area contributed by atoms with Gasteiger partial charge < -0.3 is 12.4 Å². The summed E-state index contributed by atoms with van der Waals surface area (Å²) in [5, 5.41) is 4.39. The maximum atomic E-state index is 2.48. The Hall–Kier alpha value is -1.15. The van der Waals surface area contributed by atoms with Crippen LogP contribution < -0.4 is 28.3 Å². The Morgan fingerprint density at radius 3 is 1.42 bits per heavy atom. The molecular weight excluding hydrogens is 530 g/mol. The van der Waals surface area contributed by atoms with Crippen molar-refractivity contribution in [3.63, 3.8) is 0 Å². The van der Waals surface area contributed by atoms with E-state index in [0.717, 1.165) is 6.16 Å². The van der Waals surface area contributed by atoms with E-state index in [0.29, 0.717) is 0 Å². The highest BCUT2D eigenvalue weighted by atomic mass is 127. The summed E-state index contributed by atoms with van der Waals surface area (Å²) >= 11 is 2.48. The first-order valence-electron chi connectivity index (χ1n) is 11.1. The van der Waals surface area contributed by atoms with Crippen LogP contribution in [-0.2, 0) is 0 Å². The second-order valence-electron chi connectivity index (χ2n) is 7.72. The molecule has 0 aliphatic carbocycles. The quantitative estimate of drug-likeness (QED) is 0.101. The van der Waals surface area contributed by atoms with E-state index in [4.69, 9.17) is 0 Å². The van der Waals surface area contributed by atoms with Crippen molar-refractivity contribution in [1.82, 2.24) is 0 Å². The van der Waals surface area contributed by atoms with E-state index in [1.54, 1.807) is 0 Å². The molecule has 164 valence electrons. The molecule has 0 aromatic heterocycles. The minimum Gasteiger partial charge on any atom is -1.00 e. The monoisotopic (exact) mass is 562 g/mol. The summed E-state index contributed by atoms with van der Waals surface area (Å²) in [5.74, 6) is 0. The van der Waals surface area contributed by atoms with Crippen LogP contribution >= 0.6 is 29.9 Å². The molecule has 3 rings (SSSR count). The molecule has 0 aliphatic rings. The van der Waals surface area contributed by atoms with Crippen molar-refractivity contribution in [3.05, 3.63) is 103 Å². The summed E-state index contributed by atoms with van der Waals surface area (Å²) in [6.45, 7) is 0. The largest absolute Gasteiger partial charge is 1.00 e. The van der Waals surface area contributed by atoms with E-state index >= 15 is 0 Å². The first kappa shape index (κ1) is 26.1. The van der Waals surface area contributed by atoms with E-state index in [1.807, 2.05) is 0 Å². The van der Waals surface area contributed by atoms with Crippen molar-refractivity contribution >= 4 is 45.8 Å². The van der Waals surface area contributed by atoms with Crippen molar-refractivity contribution in [2.75, 3.05) is 10.6 Å². The zero-order valence-electron chi connectivity index (χ0n) is 18.2. The lowest BCUT2D eigenvalue weighted by Crippen LogP contribution is -3.00. The summed E-state index contributed by atoms with van der Waals surface area (Å²) in [5.41, 5.74) is 0. The molecule has 0 atom stereocenters. The average Bonchev–Trinajstić information content (AvgIpc) is 2.82. The number of benzene rings is 3. The van der Waals surface area contributed by atoms with Crippen molar-refractivity contribution < 1.29 is 12.4 Å². The predicted molar refractivity (Wildman–Crippen MR) is 146 cm³/mol. The molecular formula is C28H33ClIP. The Balaban J connectivity index is 0.00000341. The number of unbranched alkanes of at least 4 members (excludes halogenated alkanes) is 5. The number of allylic oxidation sites excluding steroid dienone is 2. The first-order valence-corrected chi connectivity index (χ1v) is 14.6. The van der Waals surface area contributed by atoms with Gasteiger partial charge in [0.15, 0.2) is 0 Å². The third-order valence-electron chi connectivity index (χ3n) is 5.64. The molecule has 0 bridgehead atoms. The molecule has 3 aromatic rings. The van der Waals surface area contributed by atoms with Gasteiger partial charge in [-0.3, -0.25) is 0 Å². The minimum absolute atomic E-state index is 0. The Morgan fingerprint density at radius 1 is 0.548 bits per heavy atom. The van der Waals surface area contributed by atoms with Crippen LogP contribution in [0, 0.1) is 0 Å². The van der Waals surface area contributed by atoms with E-state index in [-0.39, 0.29) is 12.4 Å². The predicted octanol–water partition coefficient (Wildman–Crippen LogP) is 4.32. The topological polar surface area (TPSA) is 0 Å². The lowest BCUT2D eigenvalue weighted by Gasteiger charge is -2.26. The van der Waals surface area contributed by atoms with Crippen molar-refractivity contribution in [1.29, 1.82) is 0 Å². The highest BCUT2D eigenvalue weighted by molar-refractivity contribution is 14.1. The standard InChI is InChI=1S/C28H33IP.ClH/c29-24-16-5-3-1-2-4-6-17-25-30(26-18-10-7-11-19-26,27-20-12-8-13-21-27)28-22-14-9-15-23-28;/h6-15,17-23H,1-5,16,24-25H2;1H/q+1;/p-1. The number of halogens is 2. The molecule has 31 heavy (non-hydrogen) atoms. The number of rotatable bonds is 12. The Bertz CT molecular complexity index is 769. The molecule has 3 aromatic carbocycles. The first-order chi connectivity index (χ1) is 14.9. The van der Waals surface area contributed by atoms with Crippen LogP contribution in [0.15, 0.2) is 103 Å². The van der Waals surface area contributed by atoms with Crippen LogP contribution in [-0.4, -0.2) is 10.6 Å². The van der Waals surface area contributed by atoms with E-state index in [2.05, 4.69) is 126 Å². The second kappa shape index (κ2) is 14.8. The zero-order chi connectivity index (χ0) is 20.9. The summed E-state index contributed by atoms with van der Waals surface area (Å²) < 4.78 is 1.29. The minimum atomic E-state index is -1.71. The van der Waals surface area contributed by atoms with Crippen molar-refractivity contribution in [3.8, 4) is 0 Å². The van der Waals surface area contributed by atoms with Crippen LogP contribution in [0.25, 0.3) is 0 Å². The molecule has 0 fully saturated rings. The van der Waals surface area contributed by atoms with E-state index < -0.39 is 7.26 Å². The fourth-order valence-corrected chi connectivity index (χ4v) is 8.62. The average molecular weight is 563 g/mol. The summed E-state index contributed by atoms with van der Waals surface area (Å²) in [7, 11) is -1.71. The highest BCUT2D eigenvalue weighted by Crippen LogP contribution is 2.55. The third kappa shape index (κ3) is 7.45. The molecule has 0 radical (unpaired) electrons. The number of alkyl halides is 1. The van der Waals surface area contributed by atoms with E-state index in [9.17, 15) is 0 Å². The maximum Gasteiger partial charge on any atom is 0.115 e. The van der Waals surface area contributed by atoms with Gasteiger partial charge >= 0.3 is 0 Å². The molecule has 3 heteroatoms. The van der Waals surface area contributed by atoms with Crippen molar-refractivity contribution in [2.45, 2.75) is 38.5 Å². The Kier molecular flexibility index (Phi) is 12.5. The molecule has 0 unspecified atom stereocenters. The Labute approximate surface area is 209 Å². The number of hydrogen-bond donors (Lipinski definition) is 0. The van der Waals surface area contributed by atoms with Gasteiger partial charge in [0.05, 0.1) is 6.16 Å². The Morgan fingerprint density at radius 2 is 0.968 bits per heavy atom. The van der Waals surface area contributed by atoms with Gasteiger partial charge in [0.2, 0.25) is 0 Å². The van der Waals surface area contributed by atoms with Gasteiger partial charge in [0.1, 0.15) is 23.2 Å². The number of hydrogen-bond acceptors (Lipinski definition) is 0. The van der Waals surface area contributed by atoms with Crippen LogP contribution in [0.3, 0.4) is 0 Å². The highest BCUT2D eigenvalue weighted by Gasteiger charge is 2.43. The molecule has 0 spiro atoms. The van der Waals surface area contributed by atoms with Gasteiger partial charge in [-0.1, -0.05) is 109 Å². The van der Waals surface area contributed by atoms with Gasteiger partial charge in [-0.25, -0.2) is 0 Å². The van der Waals surface area contributed by atoms with Crippen LogP contribution in [0.5, 0.6) is 0 Å². The molecule has 0 aliphatic heterocycles. The SMILES string of the molecule is ICCCCCCCC=CC[P+](c1ccccc1)(c1ccccc1)c1ccccc1.[Cl-]. The summed E-state index contributed by atoms with van der Waals surface area (Å²) in [6, 6.07) is 33.5. The van der Waals surface area contributed by atoms with Gasteiger partial charge in [-0.05, 0) is 60.1 Å².